The quantitative estimate of drug-likeness (QED) is 0.913. The normalized spacial score (nSPS) is 26.5. The van der Waals surface area contributed by atoms with E-state index in [4.69, 9.17) is 4.74 Å². The molecule has 0 aliphatic carbocycles. The zero-order valence-electron chi connectivity index (χ0n) is 12.7. The molecule has 1 unspecified atom stereocenters. The average molecular weight is 274 g/mol. The molecule has 2 aliphatic rings. The summed E-state index contributed by atoms with van der Waals surface area (Å²) in [5, 5.41) is 3.43. The van der Waals surface area contributed by atoms with Crippen LogP contribution < -0.4 is 10.1 Å². The van der Waals surface area contributed by atoms with Gasteiger partial charge in [0, 0.05) is 6.54 Å². The number of fused-ring (bicyclic) bond motifs is 1. The molecule has 20 heavy (non-hydrogen) atoms. The van der Waals surface area contributed by atoms with Gasteiger partial charge in [0.1, 0.15) is 12.4 Å². The number of likely N-dealkylation sites (N-methyl/N-ethyl adjacent to an activating group) is 1. The van der Waals surface area contributed by atoms with E-state index in [0.717, 1.165) is 38.4 Å². The predicted molar refractivity (Wildman–Crippen MR) is 82.2 cm³/mol. The van der Waals surface area contributed by atoms with Gasteiger partial charge in [0.2, 0.25) is 0 Å². The maximum absolute atomic E-state index is 6.25. The topological polar surface area (TPSA) is 24.5 Å². The van der Waals surface area contributed by atoms with Gasteiger partial charge in [-0.15, -0.1) is 0 Å². The number of benzene rings is 1. The van der Waals surface area contributed by atoms with E-state index in [-0.39, 0.29) is 5.54 Å². The van der Waals surface area contributed by atoms with Crippen LogP contribution in [0, 0.1) is 0 Å². The zero-order valence-corrected chi connectivity index (χ0v) is 12.7. The molecule has 0 saturated carbocycles. The highest BCUT2D eigenvalue weighted by molar-refractivity contribution is 5.41. The SMILES string of the molecule is CCN1CCCC1(C)COc1cccc2c1CCNC2. The summed E-state index contributed by atoms with van der Waals surface area (Å²) in [5.41, 5.74) is 3.03. The maximum atomic E-state index is 6.25. The summed E-state index contributed by atoms with van der Waals surface area (Å²) >= 11 is 0. The van der Waals surface area contributed by atoms with Crippen molar-refractivity contribution in [1.82, 2.24) is 10.2 Å². The van der Waals surface area contributed by atoms with Crippen LogP contribution in [0.5, 0.6) is 5.75 Å². The number of ether oxygens (including phenoxy) is 1. The Morgan fingerprint density at radius 1 is 1.40 bits per heavy atom. The number of rotatable bonds is 4. The van der Waals surface area contributed by atoms with Crippen LogP contribution in [-0.4, -0.2) is 36.7 Å². The van der Waals surface area contributed by atoms with E-state index in [0.29, 0.717) is 0 Å². The minimum atomic E-state index is 0.213. The van der Waals surface area contributed by atoms with Crippen LogP contribution in [0.25, 0.3) is 0 Å². The summed E-state index contributed by atoms with van der Waals surface area (Å²) < 4.78 is 6.25. The van der Waals surface area contributed by atoms with Crippen LogP contribution in [0.2, 0.25) is 0 Å². The fourth-order valence-corrected chi connectivity index (χ4v) is 3.65. The van der Waals surface area contributed by atoms with Gasteiger partial charge in [-0.3, -0.25) is 4.90 Å². The Morgan fingerprint density at radius 3 is 3.15 bits per heavy atom. The minimum Gasteiger partial charge on any atom is -0.491 e. The van der Waals surface area contributed by atoms with Gasteiger partial charge >= 0.3 is 0 Å². The van der Waals surface area contributed by atoms with Gasteiger partial charge in [-0.05, 0) is 63.0 Å². The first kappa shape index (κ1) is 13.9. The molecule has 3 heteroatoms. The zero-order chi connectivity index (χ0) is 14.0. The highest BCUT2D eigenvalue weighted by Gasteiger charge is 2.36. The molecule has 1 fully saturated rings. The lowest BCUT2D eigenvalue weighted by Gasteiger charge is -2.34. The van der Waals surface area contributed by atoms with Crippen molar-refractivity contribution in [2.45, 2.75) is 45.2 Å². The van der Waals surface area contributed by atoms with Crippen molar-refractivity contribution < 1.29 is 4.74 Å². The highest BCUT2D eigenvalue weighted by atomic mass is 16.5. The molecule has 2 aliphatic heterocycles. The van der Waals surface area contributed by atoms with E-state index in [1.807, 2.05) is 0 Å². The standard InChI is InChI=1S/C17H26N2O/c1-3-19-11-5-9-17(19,2)13-20-16-7-4-6-14-12-18-10-8-15(14)16/h4,6-7,18H,3,5,8-13H2,1-2H3. The third-order valence-electron chi connectivity index (χ3n) is 4.92. The largest absolute Gasteiger partial charge is 0.491 e. The van der Waals surface area contributed by atoms with E-state index >= 15 is 0 Å². The molecule has 1 saturated heterocycles. The summed E-state index contributed by atoms with van der Waals surface area (Å²) in [7, 11) is 0. The first-order valence-corrected chi connectivity index (χ1v) is 7.92. The van der Waals surface area contributed by atoms with Crippen molar-refractivity contribution in [2.24, 2.45) is 0 Å². The van der Waals surface area contributed by atoms with Gasteiger partial charge < -0.3 is 10.1 Å². The summed E-state index contributed by atoms with van der Waals surface area (Å²) in [6, 6.07) is 6.47. The lowest BCUT2D eigenvalue weighted by molar-refractivity contribution is 0.0951. The van der Waals surface area contributed by atoms with E-state index in [2.05, 4.69) is 42.3 Å². The van der Waals surface area contributed by atoms with Gasteiger partial charge in [-0.1, -0.05) is 19.1 Å². The number of nitrogens with zero attached hydrogens (tertiary/aromatic N) is 1. The second-order valence-electron chi connectivity index (χ2n) is 6.29. The lowest BCUT2D eigenvalue weighted by atomic mass is 9.98. The average Bonchev–Trinajstić information content (AvgIpc) is 2.86. The maximum Gasteiger partial charge on any atom is 0.122 e. The molecule has 1 atom stereocenters. The van der Waals surface area contributed by atoms with E-state index in [1.165, 1.54) is 30.5 Å². The molecule has 1 aromatic rings. The minimum absolute atomic E-state index is 0.213. The fourth-order valence-electron chi connectivity index (χ4n) is 3.65. The molecule has 0 bridgehead atoms. The smallest absolute Gasteiger partial charge is 0.122 e. The molecule has 0 radical (unpaired) electrons. The molecule has 0 amide bonds. The van der Waals surface area contributed by atoms with Crippen molar-refractivity contribution in [2.75, 3.05) is 26.2 Å². The summed E-state index contributed by atoms with van der Waals surface area (Å²) in [5.74, 6) is 1.10. The molecule has 3 rings (SSSR count). The van der Waals surface area contributed by atoms with Crippen molar-refractivity contribution >= 4 is 0 Å². The Morgan fingerprint density at radius 2 is 2.30 bits per heavy atom. The fraction of sp³-hybridized carbons (Fsp3) is 0.647. The van der Waals surface area contributed by atoms with Gasteiger partial charge in [0.15, 0.2) is 0 Å². The number of likely N-dealkylation sites (tertiary alicyclic amines) is 1. The summed E-state index contributed by atoms with van der Waals surface area (Å²) in [6.07, 6.45) is 3.63. The third kappa shape index (κ3) is 2.57. The van der Waals surface area contributed by atoms with E-state index < -0.39 is 0 Å². The van der Waals surface area contributed by atoms with Crippen molar-refractivity contribution in [3.63, 3.8) is 0 Å². The molecule has 3 nitrogen and oxygen atoms in total. The Labute approximate surface area is 122 Å². The van der Waals surface area contributed by atoms with Crippen molar-refractivity contribution in [1.29, 1.82) is 0 Å². The number of nitrogens with one attached hydrogen (secondary N) is 1. The summed E-state index contributed by atoms with van der Waals surface area (Å²) in [6.45, 7) is 9.78. The molecule has 2 heterocycles. The molecule has 0 aromatic heterocycles. The monoisotopic (exact) mass is 274 g/mol. The van der Waals surface area contributed by atoms with Crippen molar-refractivity contribution in [3.8, 4) is 5.75 Å². The number of hydrogen-bond donors (Lipinski definition) is 1. The van der Waals surface area contributed by atoms with Crippen LogP contribution >= 0.6 is 0 Å². The first-order valence-electron chi connectivity index (χ1n) is 7.92. The van der Waals surface area contributed by atoms with Crippen LogP contribution in [0.4, 0.5) is 0 Å². The second-order valence-corrected chi connectivity index (χ2v) is 6.29. The van der Waals surface area contributed by atoms with Crippen molar-refractivity contribution in [3.05, 3.63) is 29.3 Å². The first-order chi connectivity index (χ1) is 9.73. The van der Waals surface area contributed by atoms with Crippen LogP contribution in [-0.2, 0) is 13.0 Å². The predicted octanol–water partition coefficient (Wildman–Crippen LogP) is 2.59. The Kier molecular flexibility index (Phi) is 3.99. The number of hydrogen-bond acceptors (Lipinski definition) is 3. The Bertz CT molecular complexity index is 474. The molecule has 110 valence electrons. The molecular formula is C17H26N2O. The molecule has 1 N–H and O–H groups in total. The second kappa shape index (κ2) is 5.74. The Hall–Kier alpha value is -1.06. The summed E-state index contributed by atoms with van der Waals surface area (Å²) in [4.78, 5) is 2.56. The van der Waals surface area contributed by atoms with Gasteiger partial charge in [0.25, 0.3) is 0 Å². The molecular weight excluding hydrogens is 248 g/mol. The van der Waals surface area contributed by atoms with Gasteiger partial charge in [-0.2, -0.15) is 0 Å². The van der Waals surface area contributed by atoms with E-state index in [9.17, 15) is 0 Å². The lowest BCUT2D eigenvalue weighted by Crippen LogP contribution is -2.45. The van der Waals surface area contributed by atoms with Crippen LogP contribution in [0.3, 0.4) is 0 Å². The molecule has 1 aromatic carbocycles. The third-order valence-corrected chi connectivity index (χ3v) is 4.92. The Balaban J connectivity index is 1.72. The van der Waals surface area contributed by atoms with Crippen LogP contribution in [0.15, 0.2) is 18.2 Å². The highest BCUT2D eigenvalue weighted by Crippen LogP contribution is 2.31. The van der Waals surface area contributed by atoms with E-state index in [1.54, 1.807) is 0 Å². The molecule has 0 spiro atoms. The van der Waals surface area contributed by atoms with Gasteiger partial charge in [0.05, 0.1) is 5.54 Å². The van der Waals surface area contributed by atoms with Gasteiger partial charge in [-0.25, -0.2) is 0 Å². The van der Waals surface area contributed by atoms with Crippen LogP contribution in [0.1, 0.15) is 37.8 Å².